The van der Waals surface area contributed by atoms with Crippen LogP contribution in [-0.2, 0) is 24.1 Å². The summed E-state index contributed by atoms with van der Waals surface area (Å²) in [6, 6.07) is 3.50. The smallest absolute Gasteiger partial charge is 0.344 e. The molecule has 0 aliphatic heterocycles. The number of carbonyl (C=O) groups is 1. The van der Waals surface area contributed by atoms with E-state index in [-0.39, 0.29) is 17.2 Å². The predicted octanol–water partition coefficient (Wildman–Crippen LogP) is 1.70. The number of aromatic amines is 1. The summed E-state index contributed by atoms with van der Waals surface area (Å²) in [7, 11) is 0. The summed E-state index contributed by atoms with van der Waals surface area (Å²) in [4.78, 5) is 27.1. The SMILES string of the molecule is C[C@@H](Cn1cccn1)OC(=O)c1cc2c([nH]c1=O)CCCC2. The first-order valence-corrected chi connectivity index (χ1v) is 7.57. The van der Waals surface area contributed by atoms with E-state index >= 15 is 0 Å². The number of H-pyrrole nitrogens is 1. The van der Waals surface area contributed by atoms with E-state index in [0.29, 0.717) is 6.54 Å². The van der Waals surface area contributed by atoms with Crippen molar-refractivity contribution in [2.24, 2.45) is 0 Å². The third-order valence-corrected chi connectivity index (χ3v) is 3.87. The number of fused-ring (bicyclic) bond motifs is 1. The molecule has 1 aliphatic rings. The van der Waals surface area contributed by atoms with Crippen LogP contribution >= 0.6 is 0 Å². The maximum atomic E-state index is 12.2. The van der Waals surface area contributed by atoms with E-state index in [1.807, 2.05) is 6.07 Å². The number of hydrogen-bond donors (Lipinski definition) is 1. The highest BCUT2D eigenvalue weighted by atomic mass is 16.5. The first-order valence-electron chi connectivity index (χ1n) is 7.57. The summed E-state index contributed by atoms with van der Waals surface area (Å²) in [5, 5.41) is 4.07. The lowest BCUT2D eigenvalue weighted by atomic mass is 9.95. The molecule has 3 rings (SSSR count). The number of aromatic nitrogens is 3. The minimum atomic E-state index is -0.575. The average Bonchev–Trinajstić information content (AvgIpc) is 2.99. The van der Waals surface area contributed by atoms with Crippen LogP contribution in [0, 0.1) is 0 Å². The molecule has 22 heavy (non-hydrogen) atoms. The van der Waals surface area contributed by atoms with E-state index in [0.717, 1.165) is 36.9 Å². The van der Waals surface area contributed by atoms with Crippen molar-refractivity contribution in [2.45, 2.75) is 45.3 Å². The van der Waals surface area contributed by atoms with Crippen LogP contribution in [0.15, 0.2) is 29.3 Å². The molecule has 116 valence electrons. The van der Waals surface area contributed by atoms with Crippen LogP contribution in [0.3, 0.4) is 0 Å². The number of nitrogens with one attached hydrogen (secondary N) is 1. The third-order valence-electron chi connectivity index (χ3n) is 3.87. The third kappa shape index (κ3) is 3.10. The molecule has 0 amide bonds. The number of rotatable bonds is 4. The van der Waals surface area contributed by atoms with Crippen LogP contribution in [-0.4, -0.2) is 26.8 Å². The van der Waals surface area contributed by atoms with Crippen LogP contribution in [0.1, 0.15) is 41.4 Å². The minimum Gasteiger partial charge on any atom is -0.457 e. The molecule has 1 aliphatic carbocycles. The van der Waals surface area contributed by atoms with Crippen LogP contribution in [0.5, 0.6) is 0 Å². The average molecular weight is 301 g/mol. The summed E-state index contributed by atoms with van der Waals surface area (Å²) >= 11 is 0. The molecular formula is C16H19N3O3. The van der Waals surface area contributed by atoms with Crippen LogP contribution in [0.25, 0.3) is 0 Å². The van der Waals surface area contributed by atoms with Crippen molar-refractivity contribution in [1.82, 2.24) is 14.8 Å². The van der Waals surface area contributed by atoms with Crippen molar-refractivity contribution in [3.63, 3.8) is 0 Å². The molecule has 2 heterocycles. The molecule has 0 aromatic carbocycles. The molecule has 0 fully saturated rings. The number of pyridine rings is 1. The van der Waals surface area contributed by atoms with Crippen molar-refractivity contribution in [3.05, 3.63) is 51.7 Å². The zero-order valence-corrected chi connectivity index (χ0v) is 12.5. The van der Waals surface area contributed by atoms with Gasteiger partial charge >= 0.3 is 5.97 Å². The van der Waals surface area contributed by atoms with Crippen LogP contribution in [0.4, 0.5) is 0 Å². The second kappa shape index (κ2) is 6.17. The largest absolute Gasteiger partial charge is 0.457 e. The van der Waals surface area contributed by atoms with Gasteiger partial charge in [0.2, 0.25) is 0 Å². The summed E-state index contributed by atoms with van der Waals surface area (Å²) in [5.74, 6) is -0.575. The summed E-state index contributed by atoms with van der Waals surface area (Å²) < 4.78 is 7.05. The minimum absolute atomic E-state index is 0.0907. The van der Waals surface area contributed by atoms with Gasteiger partial charge in [-0.25, -0.2) is 4.79 Å². The standard InChI is InChI=1S/C16H19N3O3/c1-11(10-19-8-4-7-17-19)22-16(21)13-9-12-5-2-3-6-14(12)18-15(13)20/h4,7-9,11H,2-3,5-6,10H2,1H3,(H,18,20)/t11-/m0/s1. The van der Waals surface area contributed by atoms with E-state index in [1.165, 1.54) is 0 Å². The summed E-state index contributed by atoms with van der Waals surface area (Å²) in [6.45, 7) is 2.24. The van der Waals surface area contributed by atoms with Gasteiger partial charge in [-0.05, 0) is 50.3 Å². The monoisotopic (exact) mass is 301 g/mol. The lowest BCUT2D eigenvalue weighted by molar-refractivity contribution is 0.0296. The number of esters is 1. The molecule has 0 spiro atoms. The molecule has 2 aromatic heterocycles. The van der Waals surface area contributed by atoms with Gasteiger partial charge < -0.3 is 9.72 Å². The molecule has 6 heteroatoms. The summed E-state index contributed by atoms with van der Waals surface area (Å²) in [5.41, 5.74) is 1.74. The van der Waals surface area contributed by atoms with Gasteiger partial charge in [0.1, 0.15) is 11.7 Å². The molecule has 6 nitrogen and oxygen atoms in total. The number of nitrogens with zero attached hydrogens (tertiary/aromatic N) is 2. The van der Waals surface area contributed by atoms with Gasteiger partial charge in [0.15, 0.2) is 0 Å². The lowest BCUT2D eigenvalue weighted by Crippen LogP contribution is -2.27. The van der Waals surface area contributed by atoms with Gasteiger partial charge in [-0.2, -0.15) is 5.10 Å². The Bertz CT molecular complexity index is 719. The van der Waals surface area contributed by atoms with E-state index in [1.54, 1.807) is 30.1 Å². The number of hydrogen-bond acceptors (Lipinski definition) is 4. The van der Waals surface area contributed by atoms with Gasteiger partial charge in [-0.15, -0.1) is 0 Å². The van der Waals surface area contributed by atoms with E-state index in [9.17, 15) is 9.59 Å². The number of carbonyl (C=O) groups excluding carboxylic acids is 1. The van der Waals surface area contributed by atoms with Gasteiger partial charge in [0.25, 0.3) is 5.56 Å². The first-order chi connectivity index (χ1) is 10.6. The molecule has 0 unspecified atom stereocenters. The molecule has 1 atom stereocenters. The Morgan fingerprint density at radius 3 is 3.05 bits per heavy atom. The van der Waals surface area contributed by atoms with Gasteiger partial charge in [0.05, 0.1) is 6.54 Å². The second-order valence-corrected chi connectivity index (χ2v) is 5.67. The maximum absolute atomic E-state index is 12.2. The fraction of sp³-hybridized carbons (Fsp3) is 0.438. The Labute approximate surface area is 128 Å². The van der Waals surface area contributed by atoms with Crippen molar-refractivity contribution >= 4 is 5.97 Å². The second-order valence-electron chi connectivity index (χ2n) is 5.67. The molecular weight excluding hydrogens is 282 g/mol. The van der Waals surface area contributed by atoms with Crippen LogP contribution < -0.4 is 5.56 Å². The zero-order chi connectivity index (χ0) is 15.5. The predicted molar refractivity (Wildman–Crippen MR) is 80.8 cm³/mol. The van der Waals surface area contributed by atoms with Crippen molar-refractivity contribution in [3.8, 4) is 0 Å². The lowest BCUT2D eigenvalue weighted by Gasteiger charge is -2.17. The highest BCUT2D eigenvalue weighted by molar-refractivity contribution is 5.89. The Kier molecular flexibility index (Phi) is 4.09. The maximum Gasteiger partial charge on any atom is 0.344 e. The van der Waals surface area contributed by atoms with E-state index in [4.69, 9.17) is 4.74 Å². The van der Waals surface area contributed by atoms with Crippen molar-refractivity contribution in [2.75, 3.05) is 0 Å². The molecule has 1 N–H and O–H groups in total. The molecule has 2 aromatic rings. The fourth-order valence-corrected chi connectivity index (χ4v) is 2.78. The molecule has 0 saturated carbocycles. The van der Waals surface area contributed by atoms with Crippen molar-refractivity contribution in [1.29, 1.82) is 0 Å². The normalized spacial score (nSPS) is 15.1. The van der Waals surface area contributed by atoms with Crippen molar-refractivity contribution < 1.29 is 9.53 Å². The van der Waals surface area contributed by atoms with E-state index in [2.05, 4.69) is 10.1 Å². The Morgan fingerprint density at radius 1 is 1.45 bits per heavy atom. The Morgan fingerprint density at radius 2 is 2.27 bits per heavy atom. The van der Waals surface area contributed by atoms with Gasteiger partial charge in [-0.3, -0.25) is 9.48 Å². The number of aryl methyl sites for hydroxylation is 2. The van der Waals surface area contributed by atoms with Gasteiger partial charge in [0, 0.05) is 18.1 Å². The topological polar surface area (TPSA) is 77.0 Å². The molecule has 0 saturated heterocycles. The Balaban J connectivity index is 1.73. The number of ether oxygens (including phenoxy) is 1. The fourth-order valence-electron chi connectivity index (χ4n) is 2.78. The Hall–Kier alpha value is -2.37. The molecule has 0 bridgehead atoms. The molecule has 0 radical (unpaired) electrons. The highest BCUT2D eigenvalue weighted by Crippen LogP contribution is 2.19. The quantitative estimate of drug-likeness (QED) is 0.872. The summed E-state index contributed by atoms with van der Waals surface area (Å²) in [6.07, 6.45) is 7.04. The van der Waals surface area contributed by atoms with Crippen LogP contribution in [0.2, 0.25) is 0 Å². The van der Waals surface area contributed by atoms with Gasteiger partial charge in [-0.1, -0.05) is 0 Å². The zero-order valence-electron chi connectivity index (χ0n) is 12.5. The highest BCUT2D eigenvalue weighted by Gasteiger charge is 2.20. The first kappa shape index (κ1) is 14.6. The van der Waals surface area contributed by atoms with E-state index < -0.39 is 5.97 Å².